The average Bonchev–Trinajstić information content (AvgIpc) is 2.28. The summed E-state index contributed by atoms with van der Waals surface area (Å²) in [5.41, 5.74) is 0. The Morgan fingerprint density at radius 1 is 1.20 bits per heavy atom. The molecule has 1 heteroatoms. The summed E-state index contributed by atoms with van der Waals surface area (Å²) in [4.78, 5) is 0. The lowest BCUT2D eigenvalue weighted by atomic mass is 9.80. The summed E-state index contributed by atoms with van der Waals surface area (Å²) >= 11 is 0. The van der Waals surface area contributed by atoms with E-state index in [1.807, 2.05) is 6.08 Å². The Balaban J connectivity index is 2.04. The van der Waals surface area contributed by atoms with Crippen molar-refractivity contribution < 1.29 is 0 Å². The molecule has 1 aliphatic carbocycles. The van der Waals surface area contributed by atoms with Crippen LogP contribution in [0.15, 0.2) is 12.7 Å². The molecule has 1 aliphatic rings. The van der Waals surface area contributed by atoms with Gasteiger partial charge >= 0.3 is 0 Å². The van der Waals surface area contributed by atoms with E-state index < -0.39 is 0 Å². The van der Waals surface area contributed by atoms with Crippen molar-refractivity contribution in [2.45, 2.75) is 51.9 Å². The lowest BCUT2D eigenvalue weighted by Gasteiger charge is -2.28. The highest BCUT2D eigenvalue weighted by Crippen LogP contribution is 2.31. The van der Waals surface area contributed by atoms with Gasteiger partial charge in [-0.05, 0) is 31.2 Å². The first-order chi connectivity index (χ1) is 7.36. The zero-order valence-electron chi connectivity index (χ0n) is 10.3. The van der Waals surface area contributed by atoms with Crippen molar-refractivity contribution in [2.75, 3.05) is 13.1 Å². The predicted octanol–water partition coefficient (Wildman–Crippen LogP) is 3.76. The molecule has 88 valence electrons. The zero-order chi connectivity index (χ0) is 10.9. The zero-order valence-corrected chi connectivity index (χ0v) is 10.3. The highest BCUT2D eigenvalue weighted by Gasteiger charge is 2.19. The molecule has 1 fully saturated rings. The molecule has 1 N–H and O–H groups in total. The van der Waals surface area contributed by atoms with E-state index in [4.69, 9.17) is 0 Å². The highest BCUT2D eigenvalue weighted by molar-refractivity contribution is 4.76. The Labute approximate surface area is 95.3 Å². The van der Waals surface area contributed by atoms with Crippen LogP contribution in [0.3, 0.4) is 0 Å². The Morgan fingerprint density at radius 3 is 2.47 bits per heavy atom. The van der Waals surface area contributed by atoms with Crippen LogP contribution in [0.5, 0.6) is 0 Å². The average molecular weight is 209 g/mol. The maximum Gasteiger partial charge on any atom is 0.0132 e. The number of nitrogens with one attached hydrogen (secondary N) is 1. The van der Waals surface area contributed by atoms with E-state index >= 15 is 0 Å². The molecule has 0 aromatic carbocycles. The van der Waals surface area contributed by atoms with E-state index in [-0.39, 0.29) is 0 Å². The van der Waals surface area contributed by atoms with Crippen molar-refractivity contribution in [2.24, 2.45) is 11.8 Å². The van der Waals surface area contributed by atoms with E-state index in [9.17, 15) is 0 Å². The predicted molar refractivity (Wildman–Crippen MR) is 68.0 cm³/mol. The summed E-state index contributed by atoms with van der Waals surface area (Å²) in [6, 6.07) is 0. The molecule has 1 rings (SSSR count). The van der Waals surface area contributed by atoms with Crippen LogP contribution in [-0.2, 0) is 0 Å². The fourth-order valence-corrected chi connectivity index (χ4v) is 2.61. The van der Waals surface area contributed by atoms with E-state index in [0.29, 0.717) is 0 Å². The second kappa shape index (κ2) is 7.92. The maximum absolute atomic E-state index is 3.73. The molecule has 0 aromatic rings. The first kappa shape index (κ1) is 12.8. The standard InChI is InChI=1S/C14H27N/c1-3-5-6-13-7-9-14(10-8-13)12-15-11-4-2/h4,13-15H,2-3,5-12H2,1H3. The molecule has 0 spiro atoms. The second-order valence-electron chi connectivity index (χ2n) is 4.98. The van der Waals surface area contributed by atoms with Gasteiger partial charge in [0, 0.05) is 6.54 Å². The fourth-order valence-electron chi connectivity index (χ4n) is 2.61. The normalized spacial score (nSPS) is 26.5. The lowest BCUT2D eigenvalue weighted by Crippen LogP contribution is -2.26. The first-order valence-corrected chi connectivity index (χ1v) is 6.68. The van der Waals surface area contributed by atoms with Crippen molar-refractivity contribution in [3.05, 3.63) is 12.7 Å². The number of rotatable bonds is 7. The van der Waals surface area contributed by atoms with E-state index in [0.717, 1.165) is 18.4 Å². The van der Waals surface area contributed by atoms with Gasteiger partial charge < -0.3 is 5.32 Å². The minimum Gasteiger partial charge on any atom is -0.313 e. The van der Waals surface area contributed by atoms with Crippen molar-refractivity contribution in [3.63, 3.8) is 0 Å². The quantitative estimate of drug-likeness (QED) is 0.497. The van der Waals surface area contributed by atoms with Crippen molar-refractivity contribution in [1.29, 1.82) is 0 Å². The van der Waals surface area contributed by atoms with Gasteiger partial charge in [0.1, 0.15) is 0 Å². The lowest BCUT2D eigenvalue weighted by molar-refractivity contribution is 0.255. The minimum absolute atomic E-state index is 0.933. The third-order valence-electron chi connectivity index (χ3n) is 3.65. The van der Waals surface area contributed by atoms with Gasteiger partial charge in [-0.2, -0.15) is 0 Å². The maximum atomic E-state index is 3.73. The van der Waals surface area contributed by atoms with Crippen LogP contribution in [-0.4, -0.2) is 13.1 Å². The topological polar surface area (TPSA) is 12.0 Å². The Kier molecular flexibility index (Phi) is 6.74. The highest BCUT2D eigenvalue weighted by atomic mass is 14.8. The molecule has 0 amide bonds. The molecule has 0 unspecified atom stereocenters. The summed E-state index contributed by atoms with van der Waals surface area (Å²) in [6.07, 6.45) is 12.1. The van der Waals surface area contributed by atoms with Gasteiger partial charge in [0.25, 0.3) is 0 Å². The molecule has 1 saturated carbocycles. The van der Waals surface area contributed by atoms with Crippen molar-refractivity contribution in [3.8, 4) is 0 Å². The monoisotopic (exact) mass is 209 g/mol. The van der Waals surface area contributed by atoms with Crippen LogP contribution in [0.4, 0.5) is 0 Å². The molecule has 0 aliphatic heterocycles. The van der Waals surface area contributed by atoms with Gasteiger partial charge in [0.15, 0.2) is 0 Å². The van der Waals surface area contributed by atoms with E-state index in [1.165, 1.54) is 51.5 Å². The number of hydrogen-bond donors (Lipinski definition) is 1. The molecular formula is C14H27N. The Morgan fingerprint density at radius 2 is 1.87 bits per heavy atom. The SMILES string of the molecule is C=CCNCC1CCC(CCCC)CC1. The molecule has 0 atom stereocenters. The van der Waals surface area contributed by atoms with E-state index in [2.05, 4.69) is 18.8 Å². The Bertz CT molecular complexity index is 157. The first-order valence-electron chi connectivity index (χ1n) is 6.68. The third-order valence-corrected chi connectivity index (χ3v) is 3.65. The molecule has 15 heavy (non-hydrogen) atoms. The summed E-state index contributed by atoms with van der Waals surface area (Å²) in [5.74, 6) is 1.98. The van der Waals surface area contributed by atoms with Gasteiger partial charge in [-0.3, -0.25) is 0 Å². The van der Waals surface area contributed by atoms with Crippen molar-refractivity contribution >= 4 is 0 Å². The molecule has 0 aromatic heterocycles. The minimum atomic E-state index is 0.933. The van der Waals surface area contributed by atoms with Crippen LogP contribution in [0.2, 0.25) is 0 Å². The summed E-state index contributed by atoms with van der Waals surface area (Å²) in [7, 11) is 0. The van der Waals surface area contributed by atoms with Gasteiger partial charge in [0.2, 0.25) is 0 Å². The molecule has 0 radical (unpaired) electrons. The van der Waals surface area contributed by atoms with Crippen molar-refractivity contribution in [1.82, 2.24) is 5.32 Å². The van der Waals surface area contributed by atoms with Gasteiger partial charge in [0.05, 0.1) is 0 Å². The summed E-state index contributed by atoms with van der Waals surface area (Å²) in [5, 5.41) is 3.44. The molecule has 0 heterocycles. The van der Waals surface area contributed by atoms with Gasteiger partial charge in [-0.25, -0.2) is 0 Å². The molecule has 0 saturated heterocycles. The van der Waals surface area contributed by atoms with Crippen LogP contribution < -0.4 is 5.32 Å². The van der Waals surface area contributed by atoms with Crippen LogP contribution in [0, 0.1) is 11.8 Å². The number of unbranched alkanes of at least 4 members (excludes halogenated alkanes) is 1. The molecule has 1 nitrogen and oxygen atoms in total. The van der Waals surface area contributed by atoms with Crippen LogP contribution in [0.1, 0.15) is 51.9 Å². The van der Waals surface area contributed by atoms with E-state index in [1.54, 1.807) is 0 Å². The summed E-state index contributed by atoms with van der Waals surface area (Å²) in [6.45, 7) is 8.19. The summed E-state index contributed by atoms with van der Waals surface area (Å²) < 4.78 is 0. The van der Waals surface area contributed by atoms with Crippen LogP contribution >= 0.6 is 0 Å². The fraction of sp³-hybridized carbons (Fsp3) is 0.857. The molecule has 0 bridgehead atoms. The van der Waals surface area contributed by atoms with Gasteiger partial charge in [-0.1, -0.05) is 45.1 Å². The largest absolute Gasteiger partial charge is 0.313 e. The Hall–Kier alpha value is -0.300. The number of hydrogen-bond acceptors (Lipinski definition) is 1. The third kappa shape index (κ3) is 5.36. The smallest absolute Gasteiger partial charge is 0.0132 e. The second-order valence-corrected chi connectivity index (χ2v) is 4.98. The molecular weight excluding hydrogens is 182 g/mol. The van der Waals surface area contributed by atoms with Gasteiger partial charge in [-0.15, -0.1) is 6.58 Å². The van der Waals surface area contributed by atoms with Crippen LogP contribution in [0.25, 0.3) is 0 Å².